The SMILES string of the molecule is O=C(O)c1cccc2[nH]c(CN3CCCC3)cc12. The topological polar surface area (TPSA) is 56.3 Å². The number of hydrogen-bond donors (Lipinski definition) is 2. The lowest BCUT2D eigenvalue weighted by Gasteiger charge is -2.12. The van der Waals surface area contributed by atoms with E-state index in [0.29, 0.717) is 5.56 Å². The number of likely N-dealkylation sites (tertiary alicyclic amines) is 1. The second-order valence-electron chi connectivity index (χ2n) is 4.85. The van der Waals surface area contributed by atoms with Crippen molar-refractivity contribution in [1.82, 2.24) is 9.88 Å². The van der Waals surface area contributed by atoms with Gasteiger partial charge in [-0.1, -0.05) is 6.07 Å². The zero-order valence-electron chi connectivity index (χ0n) is 10.1. The van der Waals surface area contributed by atoms with Crippen LogP contribution in [-0.2, 0) is 6.54 Å². The molecule has 1 aliphatic rings. The minimum atomic E-state index is -0.868. The predicted molar refractivity (Wildman–Crippen MR) is 69.8 cm³/mol. The summed E-state index contributed by atoms with van der Waals surface area (Å²) in [6.07, 6.45) is 2.53. The number of nitrogens with zero attached hydrogens (tertiary/aromatic N) is 1. The highest BCUT2D eigenvalue weighted by molar-refractivity contribution is 6.03. The van der Waals surface area contributed by atoms with Crippen LogP contribution in [0.5, 0.6) is 0 Å². The number of carbonyl (C=O) groups is 1. The summed E-state index contributed by atoms with van der Waals surface area (Å²) in [6, 6.07) is 7.33. The molecule has 0 saturated carbocycles. The standard InChI is InChI=1S/C14H16N2O2/c17-14(18)11-4-3-5-13-12(11)8-10(15-13)9-16-6-1-2-7-16/h3-5,8,15H,1-2,6-7,9H2,(H,17,18). The minimum absolute atomic E-state index is 0.372. The van der Waals surface area contributed by atoms with Crippen LogP contribution in [0.4, 0.5) is 0 Å². The van der Waals surface area contributed by atoms with Crippen LogP contribution in [0.15, 0.2) is 24.3 Å². The summed E-state index contributed by atoms with van der Waals surface area (Å²) in [5.74, 6) is -0.868. The third kappa shape index (κ3) is 1.99. The van der Waals surface area contributed by atoms with E-state index in [2.05, 4.69) is 9.88 Å². The Morgan fingerprint density at radius 3 is 2.83 bits per heavy atom. The second-order valence-corrected chi connectivity index (χ2v) is 4.85. The highest BCUT2D eigenvalue weighted by Crippen LogP contribution is 2.21. The lowest BCUT2D eigenvalue weighted by atomic mass is 10.1. The number of fused-ring (bicyclic) bond motifs is 1. The van der Waals surface area contributed by atoms with Gasteiger partial charge in [-0.15, -0.1) is 0 Å². The van der Waals surface area contributed by atoms with Crippen molar-refractivity contribution in [3.63, 3.8) is 0 Å². The smallest absolute Gasteiger partial charge is 0.336 e. The summed E-state index contributed by atoms with van der Waals surface area (Å²) < 4.78 is 0. The Bertz CT molecular complexity index is 582. The van der Waals surface area contributed by atoms with E-state index >= 15 is 0 Å². The van der Waals surface area contributed by atoms with Crippen LogP contribution < -0.4 is 0 Å². The van der Waals surface area contributed by atoms with Gasteiger partial charge in [0.15, 0.2) is 0 Å². The van der Waals surface area contributed by atoms with Crippen molar-refractivity contribution >= 4 is 16.9 Å². The Morgan fingerprint density at radius 1 is 1.33 bits per heavy atom. The molecular weight excluding hydrogens is 228 g/mol. The fourth-order valence-corrected chi connectivity index (χ4v) is 2.67. The van der Waals surface area contributed by atoms with E-state index in [-0.39, 0.29) is 0 Å². The maximum atomic E-state index is 11.1. The van der Waals surface area contributed by atoms with Crippen LogP contribution in [0, 0.1) is 0 Å². The molecule has 0 unspecified atom stereocenters. The predicted octanol–water partition coefficient (Wildman–Crippen LogP) is 2.46. The van der Waals surface area contributed by atoms with Gasteiger partial charge in [0.25, 0.3) is 0 Å². The Morgan fingerprint density at radius 2 is 2.11 bits per heavy atom. The van der Waals surface area contributed by atoms with Gasteiger partial charge in [-0.2, -0.15) is 0 Å². The minimum Gasteiger partial charge on any atom is -0.478 e. The first kappa shape index (κ1) is 11.3. The van der Waals surface area contributed by atoms with E-state index < -0.39 is 5.97 Å². The summed E-state index contributed by atoms with van der Waals surface area (Å²) in [4.78, 5) is 16.9. The molecule has 0 bridgehead atoms. The summed E-state index contributed by atoms with van der Waals surface area (Å²) >= 11 is 0. The van der Waals surface area contributed by atoms with Crippen LogP contribution in [0.2, 0.25) is 0 Å². The summed E-state index contributed by atoms with van der Waals surface area (Å²) in [5, 5.41) is 9.96. The maximum absolute atomic E-state index is 11.1. The molecule has 4 nitrogen and oxygen atoms in total. The van der Waals surface area contributed by atoms with Crippen molar-refractivity contribution in [1.29, 1.82) is 0 Å². The number of H-pyrrole nitrogens is 1. The molecule has 1 fully saturated rings. The largest absolute Gasteiger partial charge is 0.478 e. The number of aromatic amines is 1. The Balaban J connectivity index is 1.94. The summed E-state index contributed by atoms with van der Waals surface area (Å²) in [6.45, 7) is 3.16. The Hall–Kier alpha value is -1.81. The van der Waals surface area contributed by atoms with Gasteiger partial charge in [0, 0.05) is 23.1 Å². The number of hydrogen-bond acceptors (Lipinski definition) is 2. The van der Waals surface area contributed by atoms with Crippen molar-refractivity contribution in [3.8, 4) is 0 Å². The molecule has 0 aliphatic carbocycles. The second kappa shape index (κ2) is 4.46. The Labute approximate surface area is 105 Å². The molecule has 18 heavy (non-hydrogen) atoms. The monoisotopic (exact) mass is 244 g/mol. The summed E-state index contributed by atoms with van der Waals surface area (Å²) in [5.41, 5.74) is 2.38. The maximum Gasteiger partial charge on any atom is 0.336 e. The number of carboxylic acids is 1. The van der Waals surface area contributed by atoms with Gasteiger partial charge in [0.1, 0.15) is 0 Å². The summed E-state index contributed by atoms with van der Waals surface area (Å²) in [7, 11) is 0. The lowest BCUT2D eigenvalue weighted by molar-refractivity contribution is 0.0699. The van der Waals surface area contributed by atoms with E-state index in [1.807, 2.05) is 12.1 Å². The van der Waals surface area contributed by atoms with E-state index in [4.69, 9.17) is 5.11 Å². The van der Waals surface area contributed by atoms with Crippen molar-refractivity contribution < 1.29 is 9.90 Å². The number of nitrogens with one attached hydrogen (secondary N) is 1. The number of aromatic carboxylic acids is 1. The van der Waals surface area contributed by atoms with Crippen molar-refractivity contribution in [2.45, 2.75) is 19.4 Å². The van der Waals surface area contributed by atoms with Crippen molar-refractivity contribution in [3.05, 3.63) is 35.5 Å². The fraction of sp³-hybridized carbons (Fsp3) is 0.357. The van der Waals surface area contributed by atoms with E-state index in [0.717, 1.165) is 36.2 Å². The van der Waals surface area contributed by atoms with Crippen molar-refractivity contribution in [2.75, 3.05) is 13.1 Å². The van der Waals surface area contributed by atoms with Gasteiger partial charge >= 0.3 is 5.97 Å². The van der Waals surface area contributed by atoms with E-state index in [9.17, 15) is 4.79 Å². The number of benzene rings is 1. The molecule has 0 spiro atoms. The van der Waals surface area contributed by atoms with Crippen LogP contribution in [0.3, 0.4) is 0 Å². The van der Waals surface area contributed by atoms with E-state index in [1.165, 1.54) is 12.8 Å². The third-order valence-electron chi connectivity index (χ3n) is 3.54. The molecule has 0 radical (unpaired) electrons. The quantitative estimate of drug-likeness (QED) is 0.872. The van der Waals surface area contributed by atoms with Gasteiger partial charge < -0.3 is 10.1 Å². The molecule has 2 heterocycles. The molecule has 1 aliphatic heterocycles. The number of aromatic nitrogens is 1. The molecular formula is C14H16N2O2. The van der Waals surface area contributed by atoms with Crippen LogP contribution >= 0.6 is 0 Å². The number of carboxylic acid groups (broad SMARTS) is 1. The van der Waals surface area contributed by atoms with Crippen LogP contribution in [0.1, 0.15) is 28.9 Å². The highest BCUT2D eigenvalue weighted by atomic mass is 16.4. The zero-order valence-corrected chi connectivity index (χ0v) is 10.1. The molecule has 0 atom stereocenters. The fourth-order valence-electron chi connectivity index (χ4n) is 2.67. The molecule has 3 rings (SSSR count). The van der Waals surface area contributed by atoms with Gasteiger partial charge in [-0.25, -0.2) is 4.79 Å². The van der Waals surface area contributed by atoms with Gasteiger partial charge in [0.2, 0.25) is 0 Å². The first-order valence-electron chi connectivity index (χ1n) is 6.30. The molecule has 1 saturated heterocycles. The molecule has 2 aromatic rings. The first-order chi connectivity index (χ1) is 8.74. The average molecular weight is 244 g/mol. The van der Waals surface area contributed by atoms with E-state index in [1.54, 1.807) is 12.1 Å². The average Bonchev–Trinajstić information content (AvgIpc) is 2.96. The highest BCUT2D eigenvalue weighted by Gasteiger charge is 2.15. The van der Waals surface area contributed by atoms with Gasteiger partial charge in [-0.05, 0) is 44.1 Å². The first-order valence-corrected chi connectivity index (χ1v) is 6.30. The van der Waals surface area contributed by atoms with Crippen LogP contribution in [-0.4, -0.2) is 34.0 Å². The Kier molecular flexibility index (Phi) is 2.80. The normalized spacial score (nSPS) is 16.4. The van der Waals surface area contributed by atoms with Gasteiger partial charge in [-0.3, -0.25) is 4.90 Å². The van der Waals surface area contributed by atoms with Gasteiger partial charge in [0.05, 0.1) is 5.56 Å². The van der Waals surface area contributed by atoms with Crippen LogP contribution in [0.25, 0.3) is 10.9 Å². The molecule has 1 aromatic carbocycles. The molecule has 2 N–H and O–H groups in total. The molecule has 0 amide bonds. The van der Waals surface area contributed by atoms with Crippen molar-refractivity contribution in [2.24, 2.45) is 0 Å². The lowest BCUT2D eigenvalue weighted by Crippen LogP contribution is -2.18. The molecule has 1 aromatic heterocycles. The number of rotatable bonds is 3. The third-order valence-corrected chi connectivity index (χ3v) is 3.54. The molecule has 4 heteroatoms. The molecule has 94 valence electrons. The zero-order chi connectivity index (χ0) is 12.5.